The predicted octanol–water partition coefficient (Wildman–Crippen LogP) is 1.88. The third-order valence-corrected chi connectivity index (χ3v) is 3.73. The SMILES string of the molecule is CCc1cnc(C2OCCCC2N)s1. The van der Waals surface area contributed by atoms with Crippen LogP contribution >= 0.6 is 11.3 Å². The molecule has 3 nitrogen and oxygen atoms in total. The molecule has 4 heteroatoms. The summed E-state index contributed by atoms with van der Waals surface area (Å²) in [5.41, 5.74) is 6.00. The molecular weight excluding hydrogens is 196 g/mol. The molecule has 0 amide bonds. The largest absolute Gasteiger partial charge is 0.369 e. The quantitative estimate of drug-likeness (QED) is 0.814. The van der Waals surface area contributed by atoms with Crippen LogP contribution in [0, 0.1) is 0 Å². The maximum absolute atomic E-state index is 6.00. The molecule has 1 saturated heterocycles. The minimum absolute atomic E-state index is 0.0362. The van der Waals surface area contributed by atoms with E-state index in [1.165, 1.54) is 4.88 Å². The van der Waals surface area contributed by atoms with E-state index in [1.54, 1.807) is 11.3 Å². The lowest BCUT2D eigenvalue weighted by Gasteiger charge is -2.27. The first-order valence-electron chi connectivity index (χ1n) is 5.13. The van der Waals surface area contributed by atoms with Gasteiger partial charge in [-0.1, -0.05) is 6.92 Å². The van der Waals surface area contributed by atoms with Crippen molar-refractivity contribution < 1.29 is 4.74 Å². The lowest BCUT2D eigenvalue weighted by Crippen LogP contribution is -2.34. The van der Waals surface area contributed by atoms with E-state index in [2.05, 4.69) is 11.9 Å². The van der Waals surface area contributed by atoms with Crippen LogP contribution in [-0.2, 0) is 11.2 Å². The molecule has 1 aromatic rings. The first-order valence-corrected chi connectivity index (χ1v) is 5.94. The van der Waals surface area contributed by atoms with Crippen molar-refractivity contribution in [2.75, 3.05) is 6.61 Å². The van der Waals surface area contributed by atoms with Gasteiger partial charge in [0.2, 0.25) is 0 Å². The summed E-state index contributed by atoms with van der Waals surface area (Å²) in [6.45, 7) is 2.96. The zero-order valence-corrected chi connectivity index (χ0v) is 9.22. The molecule has 1 aromatic heterocycles. The Morgan fingerprint density at radius 3 is 3.21 bits per heavy atom. The van der Waals surface area contributed by atoms with Crippen molar-refractivity contribution in [2.45, 2.75) is 38.3 Å². The zero-order valence-electron chi connectivity index (χ0n) is 8.40. The average molecular weight is 212 g/mol. The molecule has 2 atom stereocenters. The van der Waals surface area contributed by atoms with Gasteiger partial charge in [0.15, 0.2) is 0 Å². The number of nitrogens with two attached hydrogens (primary N) is 1. The molecule has 2 N–H and O–H groups in total. The number of rotatable bonds is 2. The highest BCUT2D eigenvalue weighted by Crippen LogP contribution is 2.30. The number of aryl methyl sites for hydroxylation is 1. The Bertz CT molecular complexity index is 300. The highest BCUT2D eigenvalue weighted by Gasteiger charge is 2.26. The van der Waals surface area contributed by atoms with Crippen LogP contribution in [0.4, 0.5) is 0 Å². The molecule has 1 aliphatic rings. The Balaban J connectivity index is 2.12. The number of thiazole rings is 1. The molecule has 2 rings (SSSR count). The van der Waals surface area contributed by atoms with Gasteiger partial charge in [0.25, 0.3) is 0 Å². The fraction of sp³-hybridized carbons (Fsp3) is 0.700. The number of ether oxygens (including phenoxy) is 1. The van der Waals surface area contributed by atoms with Gasteiger partial charge in [-0.25, -0.2) is 4.98 Å². The lowest BCUT2D eigenvalue weighted by molar-refractivity contribution is 0.0000302. The van der Waals surface area contributed by atoms with E-state index in [4.69, 9.17) is 10.5 Å². The molecule has 14 heavy (non-hydrogen) atoms. The highest BCUT2D eigenvalue weighted by atomic mass is 32.1. The smallest absolute Gasteiger partial charge is 0.124 e. The van der Waals surface area contributed by atoms with E-state index in [0.717, 1.165) is 30.9 Å². The van der Waals surface area contributed by atoms with Crippen LogP contribution in [0.2, 0.25) is 0 Å². The van der Waals surface area contributed by atoms with Gasteiger partial charge in [-0.2, -0.15) is 0 Å². The summed E-state index contributed by atoms with van der Waals surface area (Å²) in [6.07, 6.45) is 5.13. The molecule has 0 aliphatic carbocycles. The molecule has 0 bridgehead atoms. The van der Waals surface area contributed by atoms with E-state index < -0.39 is 0 Å². The molecule has 0 spiro atoms. The molecular formula is C10H16N2OS. The van der Waals surface area contributed by atoms with E-state index in [0.29, 0.717) is 0 Å². The van der Waals surface area contributed by atoms with Gasteiger partial charge in [0, 0.05) is 23.7 Å². The number of nitrogens with zero attached hydrogens (tertiary/aromatic N) is 1. The van der Waals surface area contributed by atoms with E-state index >= 15 is 0 Å². The first kappa shape index (κ1) is 10.1. The maximum atomic E-state index is 6.00. The Kier molecular flexibility index (Phi) is 3.15. The van der Waals surface area contributed by atoms with Crippen molar-refractivity contribution in [3.8, 4) is 0 Å². The van der Waals surface area contributed by atoms with Crippen molar-refractivity contribution in [1.82, 2.24) is 4.98 Å². The molecule has 1 fully saturated rings. The van der Waals surface area contributed by atoms with Crippen LogP contribution in [0.25, 0.3) is 0 Å². The second-order valence-corrected chi connectivity index (χ2v) is 4.76. The summed E-state index contributed by atoms with van der Waals surface area (Å²) in [7, 11) is 0. The second-order valence-electron chi connectivity index (χ2n) is 3.62. The van der Waals surface area contributed by atoms with Gasteiger partial charge in [-0.3, -0.25) is 0 Å². The van der Waals surface area contributed by atoms with Crippen molar-refractivity contribution in [3.63, 3.8) is 0 Å². The molecule has 78 valence electrons. The molecule has 2 unspecified atom stereocenters. The summed E-state index contributed by atoms with van der Waals surface area (Å²) in [5, 5.41) is 1.05. The van der Waals surface area contributed by atoms with Gasteiger partial charge >= 0.3 is 0 Å². The average Bonchev–Trinajstić information content (AvgIpc) is 2.67. The van der Waals surface area contributed by atoms with Crippen LogP contribution < -0.4 is 5.73 Å². The van der Waals surface area contributed by atoms with Crippen LogP contribution in [-0.4, -0.2) is 17.6 Å². The Morgan fingerprint density at radius 1 is 1.71 bits per heavy atom. The van der Waals surface area contributed by atoms with Crippen molar-refractivity contribution in [1.29, 1.82) is 0 Å². The van der Waals surface area contributed by atoms with Crippen LogP contribution in [0.15, 0.2) is 6.20 Å². The van der Waals surface area contributed by atoms with Gasteiger partial charge in [0.05, 0.1) is 0 Å². The van der Waals surface area contributed by atoms with Crippen LogP contribution in [0.5, 0.6) is 0 Å². The van der Waals surface area contributed by atoms with Gasteiger partial charge < -0.3 is 10.5 Å². The third kappa shape index (κ3) is 1.97. The monoisotopic (exact) mass is 212 g/mol. The fourth-order valence-electron chi connectivity index (χ4n) is 1.68. The number of aromatic nitrogens is 1. The maximum Gasteiger partial charge on any atom is 0.124 e. The Labute approximate surface area is 88.3 Å². The Hall–Kier alpha value is -0.450. The van der Waals surface area contributed by atoms with Crippen molar-refractivity contribution in [3.05, 3.63) is 16.1 Å². The van der Waals surface area contributed by atoms with Gasteiger partial charge in [-0.05, 0) is 19.3 Å². The Morgan fingerprint density at radius 2 is 2.57 bits per heavy atom. The second kappa shape index (κ2) is 4.38. The summed E-state index contributed by atoms with van der Waals surface area (Å²) in [5.74, 6) is 0. The molecule has 0 radical (unpaired) electrons. The summed E-state index contributed by atoms with van der Waals surface area (Å²) in [6, 6.07) is 0.125. The zero-order chi connectivity index (χ0) is 9.97. The fourth-order valence-corrected chi connectivity index (χ4v) is 2.66. The normalized spacial score (nSPS) is 27.9. The van der Waals surface area contributed by atoms with Crippen molar-refractivity contribution in [2.24, 2.45) is 5.73 Å². The summed E-state index contributed by atoms with van der Waals surface area (Å²) in [4.78, 5) is 5.68. The minimum Gasteiger partial charge on any atom is -0.369 e. The van der Waals surface area contributed by atoms with E-state index in [1.807, 2.05) is 6.20 Å². The standard InChI is InChI=1S/C10H16N2OS/c1-2-7-6-12-10(14-7)9-8(11)4-3-5-13-9/h6,8-9H,2-5,11H2,1H3. The highest BCUT2D eigenvalue weighted by molar-refractivity contribution is 7.11. The molecule has 1 aliphatic heterocycles. The number of hydrogen-bond donors (Lipinski definition) is 1. The van der Waals surface area contributed by atoms with E-state index in [9.17, 15) is 0 Å². The minimum atomic E-state index is 0.0362. The molecule has 0 saturated carbocycles. The third-order valence-electron chi connectivity index (χ3n) is 2.53. The number of hydrogen-bond acceptors (Lipinski definition) is 4. The van der Waals surface area contributed by atoms with Crippen LogP contribution in [0.1, 0.15) is 35.8 Å². The molecule has 2 heterocycles. The van der Waals surface area contributed by atoms with E-state index in [-0.39, 0.29) is 12.1 Å². The van der Waals surface area contributed by atoms with Gasteiger partial charge in [0.1, 0.15) is 11.1 Å². The topological polar surface area (TPSA) is 48.1 Å². The predicted molar refractivity (Wildman–Crippen MR) is 57.4 cm³/mol. The summed E-state index contributed by atoms with van der Waals surface area (Å²) >= 11 is 1.73. The summed E-state index contributed by atoms with van der Waals surface area (Å²) < 4.78 is 5.66. The lowest BCUT2D eigenvalue weighted by atomic mass is 10.0. The molecule has 0 aromatic carbocycles. The van der Waals surface area contributed by atoms with Gasteiger partial charge in [-0.15, -0.1) is 11.3 Å². The van der Waals surface area contributed by atoms with Crippen LogP contribution in [0.3, 0.4) is 0 Å². The van der Waals surface area contributed by atoms with Crippen molar-refractivity contribution >= 4 is 11.3 Å². The first-order chi connectivity index (χ1) is 6.81.